The van der Waals surface area contributed by atoms with Gasteiger partial charge < -0.3 is 0 Å². The van der Waals surface area contributed by atoms with Crippen LogP contribution >= 0.6 is 23.2 Å². The van der Waals surface area contributed by atoms with Crippen LogP contribution in [-0.4, -0.2) is 0 Å². The predicted octanol–water partition coefficient (Wildman–Crippen LogP) is 5.00. The summed E-state index contributed by atoms with van der Waals surface area (Å²) in [7, 11) is 0. The quantitative estimate of drug-likeness (QED) is 0.680. The molecule has 0 amide bonds. The zero-order valence-corrected chi connectivity index (χ0v) is 9.70. The van der Waals surface area contributed by atoms with Gasteiger partial charge in [-0.2, -0.15) is 0 Å². The molecule has 0 N–H and O–H groups in total. The Balaban J connectivity index is 2.80. The third-order valence-corrected chi connectivity index (χ3v) is 2.62. The van der Waals surface area contributed by atoms with E-state index in [9.17, 15) is 0 Å². The Kier molecular flexibility index (Phi) is 4.50. The first-order valence-electron chi connectivity index (χ1n) is 4.72. The van der Waals surface area contributed by atoms with Crippen LogP contribution in [-0.2, 0) is 0 Å². The fraction of sp³-hybridized carbons (Fsp3) is 0.333. The minimum Gasteiger partial charge on any atom is -0.0843 e. The van der Waals surface area contributed by atoms with Crippen LogP contribution in [0.2, 0.25) is 10.0 Å². The van der Waals surface area contributed by atoms with Gasteiger partial charge in [0.15, 0.2) is 0 Å². The molecule has 0 bridgehead atoms. The van der Waals surface area contributed by atoms with Gasteiger partial charge in [-0.25, -0.2) is 0 Å². The van der Waals surface area contributed by atoms with E-state index in [-0.39, 0.29) is 0 Å². The van der Waals surface area contributed by atoms with Gasteiger partial charge >= 0.3 is 0 Å². The van der Waals surface area contributed by atoms with Crippen molar-refractivity contribution in [3.05, 3.63) is 40.4 Å². The molecule has 0 saturated carbocycles. The minimum absolute atomic E-state index is 0.631. The van der Waals surface area contributed by atoms with E-state index in [1.165, 1.54) is 0 Å². The standard InChI is InChI=1S/C12H13Cl2/c1-3-4-5-9(2)11-7-6-10(13)8-12(11)14/h2,6-8H,3-5H2,1H3. The van der Waals surface area contributed by atoms with Crippen LogP contribution in [0.4, 0.5) is 0 Å². The molecule has 1 rings (SSSR count). The second-order valence-electron chi connectivity index (χ2n) is 3.25. The number of hydrogen-bond donors (Lipinski definition) is 0. The summed E-state index contributed by atoms with van der Waals surface area (Å²) in [6.07, 6.45) is 3.11. The molecule has 2 heteroatoms. The van der Waals surface area contributed by atoms with E-state index in [1.54, 1.807) is 6.07 Å². The van der Waals surface area contributed by atoms with Crippen LogP contribution in [0.25, 0.3) is 5.57 Å². The fourth-order valence-corrected chi connectivity index (χ4v) is 1.78. The molecule has 0 aliphatic carbocycles. The maximum atomic E-state index is 6.02. The van der Waals surface area contributed by atoms with Gasteiger partial charge in [-0.1, -0.05) is 49.2 Å². The number of hydrogen-bond acceptors (Lipinski definition) is 0. The maximum absolute atomic E-state index is 6.02. The first-order chi connectivity index (χ1) is 6.65. The summed E-state index contributed by atoms with van der Waals surface area (Å²) in [5, 5.41) is 1.27. The topological polar surface area (TPSA) is 0 Å². The smallest absolute Gasteiger partial charge is 0.0495 e. The van der Waals surface area contributed by atoms with Crippen LogP contribution < -0.4 is 0 Å². The lowest BCUT2D eigenvalue weighted by Crippen LogP contribution is -1.85. The van der Waals surface area contributed by atoms with Crippen molar-refractivity contribution in [1.82, 2.24) is 0 Å². The molecule has 1 aromatic rings. The molecule has 0 fully saturated rings. The van der Waals surface area contributed by atoms with Gasteiger partial charge in [0.05, 0.1) is 0 Å². The number of allylic oxidation sites excluding steroid dienone is 1. The number of benzene rings is 1. The molecule has 0 nitrogen and oxygen atoms in total. The molecule has 0 heterocycles. The lowest BCUT2D eigenvalue weighted by Gasteiger charge is -2.07. The molecular weight excluding hydrogens is 215 g/mol. The van der Waals surface area contributed by atoms with Gasteiger partial charge in [-0.05, 0) is 36.1 Å². The van der Waals surface area contributed by atoms with Crippen LogP contribution in [0.3, 0.4) is 0 Å². The Bertz CT molecular complexity index is 329. The van der Waals surface area contributed by atoms with Crippen molar-refractivity contribution in [1.29, 1.82) is 0 Å². The molecule has 0 spiro atoms. The number of rotatable bonds is 4. The second-order valence-corrected chi connectivity index (χ2v) is 4.10. The van der Waals surface area contributed by atoms with Gasteiger partial charge in [0.2, 0.25) is 0 Å². The molecular formula is C12H13Cl2. The molecule has 0 saturated heterocycles. The summed E-state index contributed by atoms with van der Waals surface area (Å²) in [6, 6.07) is 5.40. The fourth-order valence-electron chi connectivity index (χ4n) is 1.25. The highest BCUT2D eigenvalue weighted by Gasteiger charge is 2.04. The van der Waals surface area contributed by atoms with Crippen LogP contribution in [0.5, 0.6) is 0 Å². The van der Waals surface area contributed by atoms with Crippen LogP contribution in [0, 0.1) is 6.58 Å². The first-order valence-corrected chi connectivity index (χ1v) is 5.47. The molecule has 1 aromatic carbocycles. The normalized spacial score (nSPS) is 10.2. The van der Waals surface area contributed by atoms with Crippen molar-refractivity contribution in [2.75, 3.05) is 0 Å². The Labute approximate surface area is 95.5 Å². The second kappa shape index (κ2) is 5.43. The first kappa shape index (κ1) is 11.6. The van der Waals surface area contributed by atoms with E-state index in [1.807, 2.05) is 12.1 Å². The number of halogens is 2. The molecule has 0 aliphatic heterocycles. The van der Waals surface area contributed by atoms with E-state index in [2.05, 4.69) is 6.92 Å². The zero-order valence-electron chi connectivity index (χ0n) is 8.19. The van der Waals surface area contributed by atoms with Crippen molar-refractivity contribution in [2.24, 2.45) is 0 Å². The molecule has 14 heavy (non-hydrogen) atoms. The minimum atomic E-state index is 0.631. The average Bonchev–Trinajstić information content (AvgIpc) is 2.14. The SMILES string of the molecule is [CH]=C(CCCC)c1ccc(Cl)cc1Cl. The highest BCUT2D eigenvalue weighted by molar-refractivity contribution is 6.35. The van der Waals surface area contributed by atoms with E-state index >= 15 is 0 Å². The van der Waals surface area contributed by atoms with Gasteiger partial charge in [0.1, 0.15) is 0 Å². The maximum Gasteiger partial charge on any atom is 0.0495 e. The Morgan fingerprint density at radius 1 is 1.36 bits per heavy atom. The van der Waals surface area contributed by atoms with Crippen molar-refractivity contribution in [3.8, 4) is 0 Å². The van der Waals surface area contributed by atoms with E-state index in [0.29, 0.717) is 10.0 Å². The molecule has 0 aromatic heterocycles. The van der Waals surface area contributed by atoms with Crippen LogP contribution in [0.15, 0.2) is 18.2 Å². The van der Waals surface area contributed by atoms with E-state index in [0.717, 1.165) is 30.4 Å². The third-order valence-electron chi connectivity index (χ3n) is 2.08. The third kappa shape index (κ3) is 3.04. The Hall–Kier alpha value is -0.460. The summed E-state index contributed by atoms with van der Waals surface area (Å²) in [4.78, 5) is 0. The molecule has 0 aliphatic rings. The van der Waals surface area contributed by atoms with E-state index in [4.69, 9.17) is 29.8 Å². The van der Waals surface area contributed by atoms with E-state index < -0.39 is 0 Å². The van der Waals surface area contributed by atoms with Crippen LogP contribution in [0.1, 0.15) is 31.7 Å². The lowest BCUT2D eigenvalue weighted by molar-refractivity contribution is 0.824. The predicted molar refractivity (Wildman–Crippen MR) is 63.7 cm³/mol. The molecule has 0 unspecified atom stereocenters. The van der Waals surface area contributed by atoms with Crippen molar-refractivity contribution >= 4 is 28.8 Å². The average molecular weight is 228 g/mol. The van der Waals surface area contributed by atoms with Gasteiger partial charge in [0, 0.05) is 10.0 Å². The van der Waals surface area contributed by atoms with Gasteiger partial charge in [0.25, 0.3) is 0 Å². The Morgan fingerprint density at radius 2 is 2.07 bits per heavy atom. The van der Waals surface area contributed by atoms with Crippen molar-refractivity contribution < 1.29 is 0 Å². The summed E-state index contributed by atoms with van der Waals surface area (Å²) in [5.74, 6) is 0. The largest absolute Gasteiger partial charge is 0.0843 e. The van der Waals surface area contributed by atoms with Gasteiger partial charge in [-0.3, -0.25) is 0 Å². The summed E-state index contributed by atoms with van der Waals surface area (Å²) in [5.41, 5.74) is 1.75. The summed E-state index contributed by atoms with van der Waals surface area (Å²) >= 11 is 11.8. The molecule has 1 radical (unpaired) electrons. The highest BCUT2D eigenvalue weighted by Crippen LogP contribution is 2.28. The monoisotopic (exact) mass is 227 g/mol. The molecule has 75 valence electrons. The lowest BCUT2D eigenvalue weighted by atomic mass is 10.0. The van der Waals surface area contributed by atoms with Crippen molar-refractivity contribution in [3.63, 3.8) is 0 Å². The summed E-state index contributed by atoms with van der Waals surface area (Å²) in [6.45, 7) is 8.06. The van der Waals surface area contributed by atoms with Gasteiger partial charge in [-0.15, -0.1) is 0 Å². The van der Waals surface area contributed by atoms with Crippen molar-refractivity contribution in [2.45, 2.75) is 26.2 Å². The molecule has 0 atom stereocenters. The zero-order chi connectivity index (χ0) is 10.6. The number of unbranched alkanes of at least 4 members (excludes halogenated alkanes) is 1. The summed E-state index contributed by atoms with van der Waals surface area (Å²) < 4.78 is 0. The Morgan fingerprint density at radius 3 is 2.64 bits per heavy atom. The highest BCUT2D eigenvalue weighted by atomic mass is 35.5.